The van der Waals surface area contributed by atoms with E-state index < -0.39 is 0 Å². The molecule has 0 saturated carbocycles. The molecule has 1 aliphatic rings. The van der Waals surface area contributed by atoms with Crippen molar-refractivity contribution in [1.29, 1.82) is 0 Å². The van der Waals surface area contributed by atoms with Gasteiger partial charge in [0, 0.05) is 36.7 Å². The lowest BCUT2D eigenvalue weighted by Crippen LogP contribution is -2.42. The molecule has 108 valence electrons. The monoisotopic (exact) mass is 285 g/mol. The lowest BCUT2D eigenvalue weighted by molar-refractivity contribution is 0.0301. The Balaban J connectivity index is 1.88. The first-order valence-electron chi connectivity index (χ1n) is 6.76. The summed E-state index contributed by atoms with van der Waals surface area (Å²) < 4.78 is 5.21. The predicted octanol–water partition coefficient (Wildman–Crippen LogP) is 0.909. The van der Waals surface area contributed by atoms with Gasteiger partial charge in [0.2, 0.25) is 0 Å². The lowest BCUT2D eigenvalue weighted by Gasteiger charge is -2.26. The number of H-pyrrole nitrogens is 1. The maximum atomic E-state index is 12.3. The molecule has 0 aromatic carbocycles. The van der Waals surface area contributed by atoms with Crippen molar-refractivity contribution in [3.8, 4) is 11.3 Å². The topological polar surface area (TPSA) is 75.3 Å². The molecule has 0 radical (unpaired) electrons. The van der Waals surface area contributed by atoms with Crippen LogP contribution in [0.1, 0.15) is 10.4 Å². The number of hydrogen-bond donors (Lipinski definition) is 1. The van der Waals surface area contributed by atoms with Crippen LogP contribution in [0.25, 0.3) is 11.3 Å². The van der Waals surface area contributed by atoms with E-state index in [0.29, 0.717) is 32.0 Å². The van der Waals surface area contributed by atoms with Gasteiger partial charge < -0.3 is 14.6 Å². The van der Waals surface area contributed by atoms with Gasteiger partial charge >= 0.3 is 0 Å². The SMILES string of the molecule is O=C(c1ccc(-c2cccnc2)[nH]c1=O)N1CCOCC1. The number of aromatic nitrogens is 2. The van der Waals surface area contributed by atoms with Gasteiger partial charge in [0.15, 0.2) is 0 Å². The summed E-state index contributed by atoms with van der Waals surface area (Å²) in [7, 11) is 0. The summed E-state index contributed by atoms with van der Waals surface area (Å²) in [5, 5.41) is 0. The minimum absolute atomic E-state index is 0.157. The number of carbonyl (C=O) groups is 1. The fraction of sp³-hybridized carbons (Fsp3) is 0.267. The van der Waals surface area contributed by atoms with Crippen LogP contribution in [-0.4, -0.2) is 47.1 Å². The highest BCUT2D eigenvalue weighted by Gasteiger charge is 2.21. The molecule has 1 saturated heterocycles. The Morgan fingerprint density at radius 3 is 2.71 bits per heavy atom. The Kier molecular flexibility index (Phi) is 3.79. The molecular formula is C15H15N3O3. The third-order valence-corrected chi connectivity index (χ3v) is 3.41. The molecule has 0 unspecified atom stereocenters. The number of morpholine rings is 1. The summed E-state index contributed by atoms with van der Waals surface area (Å²) in [4.78, 5) is 32.8. The van der Waals surface area contributed by atoms with Crippen LogP contribution in [0.15, 0.2) is 41.5 Å². The Morgan fingerprint density at radius 1 is 1.24 bits per heavy atom. The summed E-state index contributed by atoms with van der Waals surface area (Å²) in [5.41, 5.74) is 1.23. The van der Waals surface area contributed by atoms with Crippen molar-refractivity contribution in [2.75, 3.05) is 26.3 Å². The number of aromatic amines is 1. The third kappa shape index (κ3) is 2.85. The van der Waals surface area contributed by atoms with E-state index in [1.54, 1.807) is 35.5 Å². The first-order valence-corrected chi connectivity index (χ1v) is 6.76. The van der Waals surface area contributed by atoms with Crippen LogP contribution < -0.4 is 5.56 Å². The molecule has 1 aliphatic heterocycles. The standard InChI is InChI=1S/C15H15N3O3/c19-14-12(15(20)18-6-8-21-9-7-18)3-4-13(17-14)11-2-1-5-16-10-11/h1-5,10H,6-9H2,(H,17,19). The molecule has 6 nitrogen and oxygen atoms in total. The van der Waals surface area contributed by atoms with Crippen LogP contribution >= 0.6 is 0 Å². The summed E-state index contributed by atoms with van der Waals surface area (Å²) in [6.07, 6.45) is 3.33. The second kappa shape index (κ2) is 5.88. The van der Waals surface area contributed by atoms with Crippen LogP contribution in [-0.2, 0) is 4.74 Å². The maximum absolute atomic E-state index is 12.3. The molecule has 1 N–H and O–H groups in total. The lowest BCUT2D eigenvalue weighted by atomic mass is 10.1. The molecule has 2 aromatic heterocycles. The van der Waals surface area contributed by atoms with Crippen LogP contribution in [0.3, 0.4) is 0 Å². The largest absolute Gasteiger partial charge is 0.378 e. The quantitative estimate of drug-likeness (QED) is 0.890. The Labute approximate surface area is 121 Å². The number of carbonyl (C=O) groups excluding carboxylic acids is 1. The molecule has 0 aliphatic carbocycles. The maximum Gasteiger partial charge on any atom is 0.261 e. The highest BCUT2D eigenvalue weighted by Crippen LogP contribution is 2.14. The summed E-state index contributed by atoms with van der Waals surface area (Å²) in [5.74, 6) is -0.253. The first kappa shape index (κ1) is 13.5. The number of rotatable bonds is 2. The van der Waals surface area contributed by atoms with Crippen molar-refractivity contribution < 1.29 is 9.53 Å². The van der Waals surface area contributed by atoms with Crippen LogP contribution in [0.2, 0.25) is 0 Å². The zero-order chi connectivity index (χ0) is 14.7. The van der Waals surface area contributed by atoms with Gasteiger partial charge in [-0.3, -0.25) is 14.6 Å². The average Bonchev–Trinajstić information content (AvgIpc) is 2.56. The highest BCUT2D eigenvalue weighted by atomic mass is 16.5. The molecule has 3 heterocycles. The zero-order valence-electron chi connectivity index (χ0n) is 11.4. The molecule has 2 aromatic rings. The number of hydrogen-bond acceptors (Lipinski definition) is 4. The van der Waals surface area contributed by atoms with Crippen LogP contribution in [0.4, 0.5) is 0 Å². The van der Waals surface area contributed by atoms with Crippen molar-refractivity contribution in [3.63, 3.8) is 0 Å². The predicted molar refractivity (Wildman–Crippen MR) is 77.0 cm³/mol. The van der Waals surface area contributed by atoms with E-state index in [4.69, 9.17) is 4.74 Å². The molecule has 1 amide bonds. The molecule has 0 bridgehead atoms. The van der Waals surface area contributed by atoms with Gasteiger partial charge in [-0.2, -0.15) is 0 Å². The van der Waals surface area contributed by atoms with Crippen molar-refractivity contribution in [2.45, 2.75) is 0 Å². The van der Waals surface area contributed by atoms with Crippen molar-refractivity contribution in [2.24, 2.45) is 0 Å². The van der Waals surface area contributed by atoms with Crippen molar-refractivity contribution >= 4 is 5.91 Å². The van der Waals surface area contributed by atoms with E-state index >= 15 is 0 Å². The smallest absolute Gasteiger partial charge is 0.261 e. The Bertz CT molecular complexity index is 691. The number of nitrogens with zero attached hydrogens (tertiary/aromatic N) is 2. The normalized spacial score (nSPS) is 15.0. The second-order valence-corrected chi connectivity index (χ2v) is 4.76. The average molecular weight is 285 g/mol. The van der Waals surface area contributed by atoms with E-state index in [1.807, 2.05) is 6.07 Å². The first-order chi connectivity index (χ1) is 10.3. The molecule has 3 rings (SSSR count). The number of pyridine rings is 2. The van der Waals surface area contributed by atoms with Gasteiger partial charge in [0.25, 0.3) is 11.5 Å². The highest BCUT2D eigenvalue weighted by molar-refractivity contribution is 5.94. The van der Waals surface area contributed by atoms with Gasteiger partial charge in [0.1, 0.15) is 5.56 Å². The van der Waals surface area contributed by atoms with Gasteiger partial charge in [-0.25, -0.2) is 0 Å². The molecule has 0 spiro atoms. The minimum Gasteiger partial charge on any atom is -0.378 e. The van der Waals surface area contributed by atoms with E-state index in [1.165, 1.54) is 0 Å². The minimum atomic E-state index is -0.382. The fourth-order valence-corrected chi connectivity index (χ4v) is 2.27. The van der Waals surface area contributed by atoms with Gasteiger partial charge in [0.05, 0.1) is 13.2 Å². The Morgan fingerprint density at radius 2 is 2.05 bits per heavy atom. The summed E-state index contributed by atoms with van der Waals surface area (Å²) >= 11 is 0. The van der Waals surface area contributed by atoms with E-state index in [9.17, 15) is 9.59 Å². The van der Waals surface area contributed by atoms with Crippen LogP contribution in [0.5, 0.6) is 0 Å². The molecule has 21 heavy (non-hydrogen) atoms. The third-order valence-electron chi connectivity index (χ3n) is 3.41. The van der Waals surface area contributed by atoms with E-state index in [-0.39, 0.29) is 17.0 Å². The van der Waals surface area contributed by atoms with Crippen molar-refractivity contribution in [1.82, 2.24) is 14.9 Å². The van der Waals surface area contributed by atoms with E-state index in [0.717, 1.165) is 5.56 Å². The van der Waals surface area contributed by atoms with Gasteiger partial charge in [-0.1, -0.05) is 0 Å². The number of amides is 1. The fourth-order valence-electron chi connectivity index (χ4n) is 2.27. The second-order valence-electron chi connectivity index (χ2n) is 4.76. The number of nitrogens with one attached hydrogen (secondary N) is 1. The van der Waals surface area contributed by atoms with Crippen molar-refractivity contribution in [3.05, 3.63) is 52.6 Å². The van der Waals surface area contributed by atoms with E-state index in [2.05, 4.69) is 9.97 Å². The van der Waals surface area contributed by atoms with Crippen LogP contribution in [0, 0.1) is 0 Å². The summed E-state index contributed by atoms with van der Waals surface area (Å²) in [6, 6.07) is 6.94. The molecule has 1 fully saturated rings. The van der Waals surface area contributed by atoms with Gasteiger partial charge in [-0.15, -0.1) is 0 Å². The zero-order valence-corrected chi connectivity index (χ0v) is 11.4. The molecule has 6 heteroatoms. The summed E-state index contributed by atoms with van der Waals surface area (Å²) in [6.45, 7) is 2.06. The van der Waals surface area contributed by atoms with Gasteiger partial charge in [-0.05, 0) is 24.3 Å². The molecular weight excluding hydrogens is 270 g/mol. The Hall–Kier alpha value is -2.47. The molecule has 0 atom stereocenters. The number of ether oxygens (including phenoxy) is 1.